The Morgan fingerprint density at radius 2 is 1.74 bits per heavy atom. The standard InChI is InChI=1S/C23H34N6O2/c1-17(2)27-13-15-28(16-14-27)20-8-6-5-7-19(20)24-22(30)29-11-9-23(4,10-12-29)21-26-25-18(3)31-21/h5-8,17H,9-16H2,1-4H3,(H,24,30). The number of hydrogen-bond donors (Lipinski definition) is 1. The van der Waals surface area contributed by atoms with Crippen LogP contribution in [0.5, 0.6) is 0 Å². The number of carbonyl (C=O) groups is 1. The van der Waals surface area contributed by atoms with Crippen LogP contribution in [0.3, 0.4) is 0 Å². The summed E-state index contributed by atoms with van der Waals surface area (Å²) in [5.41, 5.74) is 1.81. The third-order valence-corrected chi connectivity index (χ3v) is 6.73. The van der Waals surface area contributed by atoms with E-state index in [0.717, 1.165) is 50.4 Å². The van der Waals surface area contributed by atoms with Gasteiger partial charge < -0.3 is 19.5 Å². The zero-order valence-electron chi connectivity index (χ0n) is 19.1. The molecule has 168 valence electrons. The van der Waals surface area contributed by atoms with E-state index in [1.807, 2.05) is 30.0 Å². The number of likely N-dealkylation sites (tertiary alicyclic amines) is 1. The SMILES string of the molecule is Cc1nnc(C2(C)CCN(C(=O)Nc3ccccc3N3CCN(C(C)C)CC3)CC2)o1. The molecule has 8 heteroatoms. The van der Waals surface area contributed by atoms with Crippen LogP contribution in [0.15, 0.2) is 28.7 Å². The monoisotopic (exact) mass is 426 g/mol. The first-order valence-corrected chi connectivity index (χ1v) is 11.3. The van der Waals surface area contributed by atoms with Crippen molar-refractivity contribution in [3.8, 4) is 0 Å². The first kappa shape index (κ1) is 21.6. The number of piperidine rings is 1. The molecule has 2 aliphatic heterocycles. The second-order valence-electron chi connectivity index (χ2n) is 9.24. The maximum Gasteiger partial charge on any atom is 0.321 e. The van der Waals surface area contributed by atoms with Gasteiger partial charge in [0.2, 0.25) is 11.8 Å². The molecule has 0 spiro atoms. The Morgan fingerprint density at radius 1 is 1.06 bits per heavy atom. The van der Waals surface area contributed by atoms with Crippen LogP contribution in [-0.4, -0.2) is 71.3 Å². The molecule has 0 saturated carbocycles. The van der Waals surface area contributed by atoms with E-state index in [-0.39, 0.29) is 11.4 Å². The van der Waals surface area contributed by atoms with Crippen LogP contribution in [0.1, 0.15) is 45.4 Å². The fourth-order valence-electron chi connectivity index (χ4n) is 4.49. The van der Waals surface area contributed by atoms with Gasteiger partial charge in [-0.3, -0.25) is 4.90 Å². The number of aromatic nitrogens is 2. The lowest BCUT2D eigenvalue weighted by molar-refractivity contribution is 0.160. The average molecular weight is 427 g/mol. The highest BCUT2D eigenvalue weighted by atomic mass is 16.4. The Labute approximate surface area is 184 Å². The Morgan fingerprint density at radius 3 is 2.35 bits per heavy atom. The molecule has 1 aromatic heterocycles. The molecule has 2 fully saturated rings. The largest absolute Gasteiger partial charge is 0.425 e. The number of hydrogen-bond acceptors (Lipinski definition) is 6. The van der Waals surface area contributed by atoms with Gasteiger partial charge in [0.25, 0.3) is 0 Å². The van der Waals surface area contributed by atoms with E-state index in [2.05, 4.69) is 52.2 Å². The highest BCUT2D eigenvalue weighted by Gasteiger charge is 2.37. The smallest absolute Gasteiger partial charge is 0.321 e. The summed E-state index contributed by atoms with van der Waals surface area (Å²) in [6, 6.07) is 8.64. The second kappa shape index (κ2) is 8.86. The molecule has 0 atom stereocenters. The zero-order valence-corrected chi connectivity index (χ0v) is 19.1. The predicted octanol–water partition coefficient (Wildman–Crippen LogP) is 3.49. The van der Waals surface area contributed by atoms with Crippen LogP contribution in [0.2, 0.25) is 0 Å². The number of benzene rings is 1. The van der Waals surface area contributed by atoms with Crippen LogP contribution >= 0.6 is 0 Å². The van der Waals surface area contributed by atoms with E-state index in [4.69, 9.17) is 4.42 Å². The first-order valence-electron chi connectivity index (χ1n) is 11.3. The van der Waals surface area contributed by atoms with Gasteiger partial charge in [-0.05, 0) is 38.8 Å². The van der Waals surface area contributed by atoms with E-state index >= 15 is 0 Å². The predicted molar refractivity (Wildman–Crippen MR) is 122 cm³/mol. The van der Waals surface area contributed by atoms with Crippen molar-refractivity contribution in [3.05, 3.63) is 36.0 Å². The molecule has 31 heavy (non-hydrogen) atoms. The number of carbonyl (C=O) groups excluding carboxylic acids is 1. The quantitative estimate of drug-likeness (QED) is 0.806. The summed E-state index contributed by atoms with van der Waals surface area (Å²) in [6.45, 7) is 13.8. The lowest BCUT2D eigenvalue weighted by atomic mass is 9.80. The molecule has 3 heterocycles. The number of amides is 2. The molecule has 0 radical (unpaired) electrons. The summed E-state index contributed by atoms with van der Waals surface area (Å²) in [6.07, 6.45) is 1.61. The van der Waals surface area contributed by atoms with Crippen molar-refractivity contribution < 1.29 is 9.21 Å². The van der Waals surface area contributed by atoms with E-state index < -0.39 is 0 Å². The number of urea groups is 1. The molecular formula is C23H34N6O2. The molecular weight excluding hydrogens is 392 g/mol. The first-order chi connectivity index (χ1) is 14.9. The summed E-state index contributed by atoms with van der Waals surface area (Å²) in [4.78, 5) is 19.8. The van der Waals surface area contributed by atoms with E-state index in [9.17, 15) is 4.79 Å². The number of anilines is 2. The summed E-state index contributed by atoms with van der Waals surface area (Å²) in [5.74, 6) is 1.26. The fourth-order valence-corrected chi connectivity index (χ4v) is 4.49. The third kappa shape index (κ3) is 4.69. The molecule has 4 rings (SSSR count). The van der Waals surface area contributed by atoms with Crippen molar-refractivity contribution >= 4 is 17.4 Å². The minimum atomic E-state index is -0.175. The normalized spacial score (nSPS) is 19.6. The fraction of sp³-hybridized carbons (Fsp3) is 0.609. The Hall–Kier alpha value is -2.61. The van der Waals surface area contributed by atoms with Gasteiger partial charge in [0.05, 0.1) is 11.4 Å². The van der Waals surface area contributed by atoms with Gasteiger partial charge >= 0.3 is 6.03 Å². The minimum absolute atomic E-state index is 0.0444. The molecule has 2 aliphatic rings. The van der Waals surface area contributed by atoms with Gasteiger partial charge in [0.1, 0.15) is 0 Å². The molecule has 2 saturated heterocycles. The highest BCUT2D eigenvalue weighted by Crippen LogP contribution is 2.34. The van der Waals surface area contributed by atoms with Crippen molar-refractivity contribution in [3.63, 3.8) is 0 Å². The highest BCUT2D eigenvalue weighted by molar-refractivity contribution is 5.93. The molecule has 1 N–H and O–H groups in total. The van der Waals surface area contributed by atoms with Crippen LogP contribution in [0.25, 0.3) is 0 Å². The molecule has 2 amide bonds. The number of aryl methyl sites for hydroxylation is 1. The lowest BCUT2D eigenvalue weighted by Crippen LogP contribution is -2.49. The Kier molecular flexibility index (Phi) is 6.18. The summed E-state index contributed by atoms with van der Waals surface area (Å²) in [5, 5.41) is 11.3. The summed E-state index contributed by atoms with van der Waals surface area (Å²) in [7, 11) is 0. The topological polar surface area (TPSA) is 77.7 Å². The summed E-state index contributed by atoms with van der Waals surface area (Å²) >= 11 is 0. The van der Waals surface area contributed by atoms with E-state index in [1.54, 1.807) is 0 Å². The minimum Gasteiger partial charge on any atom is -0.425 e. The van der Waals surface area contributed by atoms with Gasteiger partial charge in [-0.2, -0.15) is 0 Å². The third-order valence-electron chi connectivity index (χ3n) is 6.73. The number of para-hydroxylation sites is 2. The lowest BCUT2D eigenvalue weighted by Gasteiger charge is -2.39. The van der Waals surface area contributed by atoms with Crippen molar-refractivity contribution in [1.82, 2.24) is 20.0 Å². The average Bonchev–Trinajstić information content (AvgIpc) is 3.22. The van der Waals surface area contributed by atoms with Crippen LogP contribution in [0, 0.1) is 6.92 Å². The number of piperazine rings is 1. The van der Waals surface area contributed by atoms with Crippen LogP contribution in [0.4, 0.5) is 16.2 Å². The Bertz CT molecular complexity index is 895. The molecule has 8 nitrogen and oxygen atoms in total. The van der Waals surface area contributed by atoms with E-state index in [0.29, 0.717) is 30.9 Å². The molecule has 1 aromatic carbocycles. The van der Waals surface area contributed by atoms with Gasteiger partial charge in [-0.25, -0.2) is 4.79 Å². The molecule has 0 unspecified atom stereocenters. The van der Waals surface area contributed by atoms with Crippen molar-refractivity contribution in [2.24, 2.45) is 0 Å². The summed E-state index contributed by atoms with van der Waals surface area (Å²) < 4.78 is 5.67. The van der Waals surface area contributed by atoms with Gasteiger partial charge in [0, 0.05) is 57.6 Å². The Balaban J connectivity index is 1.38. The molecule has 0 bridgehead atoms. The van der Waals surface area contributed by atoms with Crippen molar-refractivity contribution in [2.45, 2.75) is 52.0 Å². The second-order valence-corrected chi connectivity index (χ2v) is 9.24. The molecule has 2 aromatic rings. The number of nitrogens with zero attached hydrogens (tertiary/aromatic N) is 5. The maximum atomic E-state index is 13.0. The van der Waals surface area contributed by atoms with Crippen LogP contribution < -0.4 is 10.2 Å². The van der Waals surface area contributed by atoms with Crippen molar-refractivity contribution in [2.75, 3.05) is 49.5 Å². The number of rotatable bonds is 4. The van der Waals surface area contributed by atoms with Gasteiger partial charge in [-0.15, -0.1) is 10.2 Å². The van der Waals surface area contributed by atoms with Crippen LogP contribution in [-0.2, 0) is 5.41 Å². The maximum absolute atomic E-state index is 13.0. The van der Waals surface area contributed by atoms with Gasteiger partial charge in [0.15, 0.2) is 0 Å². The number of nitrogens with one attached hydrogen (secondary N) is 1. The van der Waals surface area contributed by atoms with Crippen molar-refractivity contribution in [1.29, 1.82) is 0 Å². The molecule has 0 aliphatic carbocycles. The van der Waals surface area contributed by atoms with Gasteiger partial charge in [-0.1, -0.05) is 19.1 Å². The zero-order chi connectivity index (χ0) is 22.0. The van der Waals surface area contributed by atoms with E-state index in [1.165, 1.54) is 0 Å².